The molecular weight excluding hydrogens is 798 g/mol. The Kier molecular flexibility index (Phi) is 10.9. The number of hydrogen-bond acceptors (Lipinski definition) is 14. The van der Waals surface area contributed by atoms with Crippen molar-refractivity contribution >= 4 is 50.9 Å². The summed E-state index contributed by atoms with van der Waals surface area (Å²) < 4.78 is 30.4. The molecule has 0 atom stereocenters. The highest BCUT2D eigenvalue weighted by molar-refractivity contribution is 5.94. The number of benzene rings is 2. The van der Waals surface area contributed by atoms with Crippen LogP contribution >= 0.6 is 0 Å². The first-order valence-electron chi connectivity index (χ1n) is 20.6. The maximum Gasteiger partial charge on any atom is 0.336 e. The third kappa shape index (κ3) is 7.81. The fourth-order valence-corrected chi connectivity index (χ4v) is 8.05. The van der Waals surface area contributed by atoms with Gasteiger partial charge in [-0.3, -0.25) is 23.3 Å². The molecule has 19 heteroatoms. The van der Waals surface area contributed by atoms with Crippen molar-refractivity contribution < 1.29 is 13.9 Å². The van der Waals surface area contributed by atoms with Gasteiger partial charge in [0, 0.05) is 49.7 Å². The molecule has 0 radical (unpaired) electrons. The van der Waals surface area contributed by atoms with Crippen LogP contribution in [0.15, 0.2) is 75.4 Å². The molecule has 1 aliphatic heterocycles. The monoisotopic (exact) mass is 843 g/mol. The van der Waals surface area contributed by atoms with Crippen LogP contribution in [-0.4, -0.2) is 83.0 Å². The molecule has 7 aromatic rings. The molecule has 6 heterocycles. The van der Waals surface area contributed by atoms with Gasteiger partial charge in [-0.15, -0.1) is 4.98 Å². The van der Waals surface area contributed by atoms with Crippen LogP contribution in [0, 0.1) is 19.7 Å². The number of hydrogen-bond donors (Lipinski definition) is 4. The third-order valence-electron chi connectivity index (χ3n) is 11.4. The third-order valence-corrected chi connectivity index (χ3v) is 11.4. The van der Waals surface area contributed by atoms with E-state index < -0.39 is 22.6 Å². The van der Waals surface area contributed by atoms with Crippen molar-refractivity contribution in [1.82, 2.24) is 48.9 Å². The Labute approximate surface area is 353 Å². The van der Waals surface area contributed by atoms with Gasteiger partial charge < -0.3 is 35.3 Å². The number of aryl methyl sites for hydroxylation is 2. The van der Waals surface area contributed by atoms with E-state index in [2.05, 4.69) is 50.8 Å². The van der Waals surface area contributed by atoms with Crippen LogP contribution in [-0.2, 0) is 7.05 Å². The fraction of sp³-hybridized carbons (Fsp3) is 0.349. The molecular formula is C43H46FN13O5. The number of anilines is 5. The SMILES string of the molecule is COc1nc(Nc2cccc(-n3c(=O)n(C4CC4)c(=O)c4c(Nc5ccc(C)cc5F)n(C)c(=O)c(C)c43)c2)nc(OCCCNC2CCN(c3ncnc4[nH]ccc34)CC2)n1. The number of piperidine rings is 1. The molecule has 2 fully saturated rings. The summed E-state index contributed by atoms with van der Waals surface area (Å²) in [5.74, 6) is 0.608. The Bertz CT molecular complexity index is 3000. The largest absolute Gasteiger partial charge is 0.467 e. The zero-order chi connectivity index (χ0) is 43.1. The van der Waals surface area contributed by atoms with E-state index in [0.29, 0.717) is 48.8 Å². The van der Waals surface area contributed by atoms with E-state index >= 15 is 4.39 Å². The van der Waals surface area contributed by atoms with Crippen LogP contribution in [0.2, 0.25) is 0 Å². The van der Waals surface area contributed by atoms with E-state index in [4.69, 9.17) is 9.47 Å². The lowest BCUT2D eigenvalue weighted by Gasteiger charge is -2.33. The zero-order valence-corrected chi connectivity index (χ0v) is 34.7. The zero-order valence-electron chi connectivity index (χ0n) is 34.7. The van der Waals surface area contributed by atoms with E-state index in [1.54, 1.807) is 56.6 Å². The molecule has 1 aliphatic carbocycles. The number of nitrogens with one attached hydrogen (secondary N) is 4. The second-order valence-electron chi connectivity index (χ2n) is 15.7. The van der Waals surface area contributed by atoms with Gasteiger partial charge in [0.15, 0.2) is 0 Å². The van der Waals surface area contributed by atoms with Gasteiger partial charge in [-0.05, 0) is 94.5 Å². The molecule has 0 bridgehead atoms. The summed E-state index contributed by atoms with van der Waals surface area (Å²) in [6, 6.07) is 13.7. The van der Waals surface area contributed by atoms with E-state index in [9.17, 15) is 14.4 Å². The molecule has 1 saturated heterocycles. The smallest absolute Gasteiger partial charge is 0.336 e. The van der Waals surface area contributed by atoms with Gasteiger partial charge >= 0.3 is 17.7 Å². The first-order valence-corrected chi connectivity index (χ1v) is 20.6. The summed E-state index contributed by atoms with van der Waals surface area (Å²) in [5.41, 5.74) is 1.15. The minimum Gasteiger partial charge on any atom is -0.467 e. The molecule has 1 saturated carbocycles. The predicted octanol–water partition coefficient (Wildman–Crippen LogP) is 4.92. The summed E-state index contributed by atoms with van der Waals surface area (Å²) in [6.45, 7) is 6.21. The maximum atomic E-state index is 15.2. The number of aromatic amines is 1. The number of halogens is 1. The highest BCUT2D eigenvalue weighted by Gasteiger charge is 2.32. The lowest BCUT2D eigenvalue weighted by Crippen LogP contribution is -2.43. The molecule has 0 amide bonds. The van der Waals surface area contributed by atoms with Crippen LogP contribution < -0.4 is 47.1 Å². The number of aromatic nitrogens is 9. The first-order chi connectivity index (χ1) is 30.1. The molecule has 320 valence electrons. The number of H-pyrrole nitrogens is 1. The Morgan fingerprint density at radius 2 is 1.73 bits per heavy atom. The summed E-state index contributed by atoms with van der Waals surface area (Å²) in [6.07, 6.45) is 7.46. The van der Waals surface area contributed by atoms with Crippen molar-refractivity contribution in [2.24, 2.45) is 7.05 Å². The minimum absolute atomic E-state index is 0.0365. The van der Waals surface area contributed by atoms with Gasteiger partial charge in [-0.1, -0.05) is 12.1 Å². The van der Waals surface area contributed by atoms with Crippen LogP contribution in [0.3, 0.4) is 0 Å². The Balaban J connectivity index is 0.922. The Morgan fingerprint density at radius 1 is 0.919 bits per heavy atom. The normalized spacial score (nSPS) is 14.4. The molecule has 2 aromatic carbocycles. The summed E-state index contributed by atoms with van der Waals surface area (Å²) in [5, 5.41) is 10.9. The minimum atomic E-state index is -0.594. The van der Waals surface area contributed by atoms with Gasteiger partial charge in [0.2, 0.25) is 5.95 Å². The molecule has 9 rings (SSSR count). The van der Waals surface area contributed by atoms with E-state index in [1.807, 2.05) is 12.3 Å². The molecule has 4 N–H and O–H groups in total. The van der Waals surface area contributed by atoms with E-state index in [0.717, 1.165) is 49.3 Å². The standard InChI is InChI=1S/C43H46FN13O5/c1-24-9-12-32(31(44)21-24)50-37-33-34(25(2)38(58)54(37)3)56(43(60)57(39(33)59)28-10-11-28)29-8-5-7-27(22-29)49-40-51-41(61-4)53-42(52-40)62-20-6-16-45-26-14-18-55(19-15-26)36-30-13-17-46-35(30)47-23-48-36/h5,7-9,12-13,17,21-23,26,28,45,50H,6,10-11,14-16,18-20H2,1-4H3,(H,46,47,48)(H,49,51,52,53). The van der Waals surface area contributed by atoms with Gasteiger partial charge in [0.1, 0.15) is 34.8 Å². The molecule has 5 aromatic heterocycles. The van der Waals surface area contributed by atoms with Gasteiger partial charge in [0.05, 0.1) is 36.0 Å². The summed E-state index contributed by atoms with van der Waals surface area (Å²) in [4.78, 5) is 69.8. The van der Waals surface area contributed by atoms with Gasteiger partial charge in [-0.25, -0.2) is 19.2 Å². The number of methoxy groups -OCH3 is 1. The quantitative estimate of drug-likeness (QED) is 0.107. The average Bonchev–Trinajstić information content (AvgIpc) is 3.98. The van der Waals surface area contributed by atoms with Crippen molar-refractivity contribution in [2.75, 3.05) is 48.9 Å². The van der Waals surface area contributed by atoms with Crippen LogP contribution in [0.5, 0.6) is 12.0 Å². The predicted molar refractivity (Wildman–Crippen MR) is 233 cm³/mol. The van der Waals surface area contributed by atoms with Crippen molar-refractivity contribution in [3.8, 4) is 17.7 Å². The van der Waals surface area contributed by atoms with Crippen molar-refractivity contribution in [1.29, 1.82) is 0 Å². The van der Waals surface area contributed by atoms with Crippen molar-refractivity contribution in [3.63, 3.8) is 0 Å². The molecule has 0 spiro atoms. The lowest BCUT2D eigenvalue weighted by atomic mass is 10.0. The topological polar surface area (TPSA) is 204 Å². The molecule has 0 unspecified atom stereocenters. The fourth-order valence-electron chi connectivity index (χ4n) is 8.05. The van der Waals surface area contributed by atoms with Crippen molar-refractivity contribution in [3.05, 3.63) is 109 Å². The molecule has 62 heavy (non-hydrogen) atoms. The number of ether oxygens (including phenoxy) is 2. The first kappa shape index (κ1) is 40.3. The van der Waals surface area contributed by atoms with E-state index in [1.165, 1.54) is 33.9 Å². The second kappa shape index (κ2) is 16.7. The summed E-state index contributed by atoms with van der Waals surface area (Å²) in [7, 11) is 2.95. The molecule has 18 nitrogen and oxygen atoms in total. The number of fused-ring (bicyclic) bond motifs is 2. The van der Waals surface area contributed by atoms with Crippen LogP contribution in [0.4, 0.5) is 33.3 Å². The van der Waals surface area contributed by atoms with Crippen molar-refractivity contribution in [2.45, 2.75) is 58.0 Å². The Hall–Kier alpha value is -7.15. The maximum absolute atomic E-state index is 15.2. The van der Waals surface area contributed by atoms with Crippen LogP contribution in [0.1, 0.15) is 49.3 Å². The molecule has 2 aliphatic rings. The Morgan fingerprint density at radius 3 is 2.50 bits per heavy atom. The number of pyridine rings is 1. The summed E-state index contributed by atoms with van der Waals surface area (Å²) >= 11 is 0. The van der Waals surface area contributed by atoms with E-state index in [-0.39, 0.29) is 52.0 Å². The number of rotatable bonds is 14. The number of nitrogens with zero attached hydrogens (tertiary/aromatic N) is 9. The average molecular weight is 844 g/mol. The highest BCUT2D eigenvalue weighted by atomic mass is 19.1. The van der Waals surface area contributed by atoms with Crippen LogP contribution in [0.25, 0.3) is 27.6 Å². The highest BCUT2D eigenvalue weighted by Crippen LogP contribution is 2.34. The lowest BCUT2D eigenvalue weighted by molar-refractivity contribution is 0.271. The van der Waals surface area contributed by atoms with Gasteiger partial charge in [-0.2, -0.15) is 9.97 Å². The second-order valence-corrected chi connectivity index (χ2v) is 15.7. The van der Waals surface area contributed by atoms with Gasteiger partial charge in [0.25, 0.3) is 11.1 Å².